The zero-order valence-electron chi connectivity index (χ0n) is 17.3. The minimum atomic E-state index is -0.333. The van der Waals surface area contributed by atoms with Crippen LogP contribution in [0.25, 0.3) is 0 Å². The van der Waals surface area contributed by atoms with Crippen molar-refractivity contribution in [2.75, 3.05) is 27.7 Å². The lowest BCUT2D eigenvalue weighted by atomic mass is 9.90. The minimum absolute atomic E-state index is 0.0107. The van der Waals surface area contributed by atoms with Gasteiger partial charge in [0.1, 0.15) is 11.8 Å². The number of hydrogen-bond donors (Lipinski definition) is 2. The van der Waals surface area contributed by atoms with Gasteiger partial charge in [-0.15, -0.1) is 0 Å². The fraction of sp³-hybridized carbons (Fsp3) is 0.240. The van der Waals surface area contributed by atoms with Crippen molar-refractivity contribution in [2.24, 2.45) is 0 Å². The molecular weight excluding hydrogens is 360 g/mol. The van der Waals surface area contributed by atoms with Crippen molar-refractivity contribution in [3.05, 3.63) is 102 Å². The molecule has 4 heteroatoms. The molecule has 0 saturated carbocycles. The van der Waals surface area contributed by atoms with Crippen molar-refractivity contribution in [2.45, 2.75) is 12.0 Å². The third-order valence-electron chi connectivity index (χ3n) is 5.20. The van der Waals surface area contributed by atoms with Crippen LogP contribution in [0.1, 0.15) is 28.7 Å². The smallest absolute Gasteiger partial charge is 0.232 e. The fourth-order valence-corrected chi connectivity index (χ4v) is 3.60. The van der Waals surface area contributed by atoms with Crippen molar-refractivity contribution in [3.63, 3.8) is 0 Å². The Bertz CT molecular complexity index is 871. The van der Waals surface area contributed by atoms with Crippen molar-refractivity contribution in [3.8, 4) is 5.75 Å². The Morgan fingerprint density at radius 1 is 0.862 bits per heavy atom. The summed E-state index contributed by atoms with van der Waals surface area (Å²) in [6.07, 6.45) is 0. The Hall–Kier alpha value is -3.11. The normalized spacial score (nSPS) is 12.0. The lowest BCUT2D eigenvalue weighted by Crippen LogP contribution is -3.07. The second kappa shape index (κ2) is 9.89. The topological polar surface area (TPSA) is 42.8 Å². The maximum atomic E-state index is 13.3. The average Bonchev–Trinajstić information content (AvgIpc) is 2.75. The molecule has 0 radical (unpaired) electrons. The summed E-state index contributed by atoms with van der Waals surface area (Å²) in [6, 6.07) is 28.0. The number of rotatable bonds is 8. The minimum Gasteiger partial charge on any atom is -0.497 e. The van der Waals surface area contributed by atoms with Crippen LogP contribution >= 0.6 is 0 Å². The van der Waals surface area contributed by atoms with Crippen LogP contribution < -0.4 is 15.0 Å². The Morgan fingerprint density at radius 2 is 1.41 bits per heavy atom. The largest absolute Gasteiger partial charge is 0.497 e. The van der Waals surface area contributed by atoms with E-state index in [1.54, 1.807) is 7.11 Å². The third-order valence-corrected chi connectivity index (χ3v) is 5.20. The van der Waals surface area contributed by atoms with Gasteiger partial charge in [-0.2, -0.15) is 0 Å². The highest BCUT2D eigenvalue weighted by atomic mass is 16.5. The standard InChI is InChI=1S/C25H28N2O2/c1-27(2)23(21-15-10-16-22(17-21)29-3)18-26-25(28)24(19-11-6-4-7-12-19)20-13-8-5-9-14-20/h4-17,23-24H,18H2,1-3H3,(H,26,28)/p+1/t23-/m0/s1. The predicted octanol–water partition coefficient (Wildman–Crippen LogP) is 2.83. The van der Waals surface area contributed by atoms with Gasteiger partial charge in [0.15, 0.2) is 0 Å². The highest BCUT2D eigenvalue weighted by molar-refractivity contribution is 5.87. The second-order valence-corrected chi connectivity index (χ2v) is 7.41. The summed E-state index contributed by atoms with van der Waals surface area (Å²) in [5.41, 5.74) is 3.12. The van der Waals surface area contributed by atoms with Crippen molar-refractivity contribution >= 4 is 5.91 Å². The van der Waals surface area contributed by atoms with Gasteiger partial charge in [-0.3, -0.25) is 4.79 Å². The number of nitrogens with one attached hydrogen (secondary N) is 2. The molecule has 0 aromatic heterocycles. The molecule has 3 aromatic rings. The van der Waals surface area contributed by atoms with E-state index in [0.717, 1.165) is 22.4 Å². The summed E-state index contributed by atoms with van der Waals surface area (Å²) in [5, 5.41) is 3.20. The van der Waals surface area contributed by atoms with E-state index in [-0.39, 0.29) is 17.9 Å². The zero-order valence-corrected chi connectivity index (χ0v) is 17.3. The Balaban J connectivity index is 1.81. The fourth-order valence-electron chi connectivity index (χ4n) is 3.60. The molecule has 0 saturated heterocycles. The van der Waals surface area contributed by atoms with Gasteiger partial charge in [0.05, 0.1) is 33.7 Å². The highest BCUT2D eigenvalue weighted by Gasteiger charge is 2.25. The first-order chi connectivity index (χ1) is 14.1. The van der Waals surface area contributed by atoms with Crippen molar-refractivity contribution < 1.29 is 14.4 Å². The van der Waals surface area contributed by atoms with Crippen LogP contribution in [0.4, 0.5) is 0 Å². The Kier molecular flexibility index (Phi) is 7.04. The number of ether oxygens (including phenoxy) is 1. The summed E-state index contributed by atoms with van der Waals surface area (Å²) in [4.78, 5) is 14.5. The van der Waals surface area contributed by atoms with E-state index >= 15 is 0 Å². The monoisotopic (exact) mass is 389 g/mol. The number of amides is 1. The lowest BCUT2D eigenvalue weighted by molar-refractivity contribution is -0.890. The van der Waals surface area contributed by atoms with Gasteiger partial charge >= 0.3 is 0 Å². The molecule has 2 N–H and O–H groups in total. The van der Waals surface area contributed by atoms with E-state index in [9.17, 15) is 4.79 Å². The van der Waals surface area contributed by atoms with E-state index in [4.69, 9.17) is 4.74 Å². The summed E-state index contributed by atoms with van der Waals surface area (Å²) in [5.74, 6) is 0.503. The van der Waals surface area contributed by atoms with E-state index in [1.165, 1.54) is 4.90 Å². The van der Waals surface area contributed by atoms with Gasteiger partial charge in [-0.25, -0.2) is 0 Å². The molecule has 0 bridgehead atoms. The van der Waals surface area contributed by atoms with Crippen LogP contribution in [-0.4, -0.2) is 33.7 Å². The molecule has 0 heterocycles. The maximum absolute atomic E-state index is 13.3. The number of methoxy groups -OCH3 is 1. The van der Waals surface area contributed by atoms with Gasteiger partial charge in [0, 0.05) is 5.56 Å². The van der Waals surface area contributed by atoms with E-state index in [1.807, 2.05) is 78.9 Å². The van der Waals surface area contributed by atoms with Crippen molar-refractivity contribution in [1.82, 2.24) is 5.32 Å². The first-order valence-electron chi connectivity index (χ1n) is 9.91. The van der Waals surface area contributed by atoms with Crippen LogP contribution in [-0.2, 0) is 4.79 Å². The molecule has 0 aliphatic rings. The number of likely N-dealkylation sites (N-methyl/N-ethyl adjacent to an activating group) is 1. The molecule has 1 amide bonds. The molecule has 0 spiro atoms. The van der Waals surface area contributed by atoms with Crippen molar-refractivity contribution in [1.29, 1.82) is 0 Å². The van der Waals surface area contributed by atoms with Crippen LogP contribution in [0.3, 0.4) is 0 Å². The van der Waals surface area contributed by atoms with Crippen LogP contribution in [0.5, 0.6) is 5.75 Å². The third kappa shape index (κ3) is 5.24. The first kappa shape index (κ1) is 20.6. The van der Waals surface area contributed by atoms with Gasteiger partial charge in [-0.05, 0) is 23.3 Å². The molecular formula is C25H29N2O2+. The zero-order chi connectivity index (χ0) is 20.6. The first-order valence-corrected chi connectivity index (χ1v) is 9.91. The number of carbonyl (C=O) groups excluding carboxylic acids is 1. The van der Waals surface area contributed by atoms with Gasteiger partial charge in [-0.1, -0.05) is 72.8 Å². The Labute approximate surface area is 173 Å². The summed E-state index contributed by atoms with van der Waals surface area (Å²) in [7, 11) is 5.87. The molecule has 4 nitrogen and oxygen atoms in total. The summed E-state index contributed by atoms with van der Waals surface area (Å²) < 4.78 is 5.37. The highest BCUT2D eigenvalue weighted by Crippen LogP contribution is 2.25. The molecule has 29 heavy (non-hydrogen) atoms. The van der Waals surface area contributed by atoms with E-state index < -0.39 is 0 Å². The number of benzene rings is 3. The molecule has 0 fully saturated rings. The SMILES string of the molecule is COc1cccc([C@H](CNC(=O)C(c2ccccc2)c2ccccc2)[NH+](C)C)c1. The van der Waals surface area contributed by atoms with E-state index in [0.29, 0.717) is 6.54 Å². The van der Waals surface area contributed by atoms with Crippen LogP contribution in [0.15, 0.2) is 84.9 Å². The summed E-state index contributed by atoms with van der Waals surface area (Å²) in [6.45, 7) is 0.546. The molecule has 0 aliphatic carbocycles. The number of hydrogen-bond acceptors (Lipinski definition) is 2. The van der Waals surface area contributed by atoms with Gasteiger partial charge in [0.25, 0.3) is 0 Å². The average molecular weight is 390 g/mol. The number of quaternary nitrogens is 1. The summed E-state index contributed by atoms with van der Waals surface area (Å²) >= 11 is 0. The Morgan fingerprint density at radius 3 is 1.93 bits per heavy atom. The molecule has 0 aliphatic heterocycles. The second-order valence-electron chi connectivity index (χ2n) is 7.41. The van der Waals surface area contributed by atoms with Crippen LogP contribution in [0, 0.1) is 0 Å². The molecule has 0 unspecified atom stereocenters. The predicted molar refractivity (Wildman–Crippen MR) is 116 cm³/mol. The molecule has 3 aromatic carbocycles. The lowest BCUT2D eigenvalue weighted by Gasteiger charge is -2.24. The quantitative estimate of drug-likeness (QED) is 0.622. The van der Waals surface area contributed by atoms with Gasteiger partial charge in [0.2, 0.25) is 5.91 Å². The van der Waals surface area contributed by atoms with Gasteiger partial charge < -0.3 is 15.0 Å². The number of carbonyl (C=O) groups is 1. The molecule has 3 rings (SSSR count). The molecule has 150 valence electrons. The van der Waals surface area contributed by atoms with E-state index in [2.05, 4.69) is 25.5 Å². The molecule has 1 atom stereocenters. The maximum Gasteiger partial charge on any atom is 0.232 e. The van der Waals surface area contributed by atoms with Crippen LogP contribution in [0.2, 0.25) is 0 Å².